The standard InChI is InChI=1S/C37H31F3N2.C16H16F2.C6H7N.3C2H6/c1-24-5-9-28(10-6-24)25(2)7-8-26(3)29-11-15-31(16-12-29)42(33-19-21-41-22-20-33)32-17-13-30(14-18-32)36-35(39)23-34(38)27(4)37(36)40;1-9-5-7-13(8-6-9)14-15(17)11(3)10(2)12(4)16(14)18;1-6-2-4-7-5-3-6;3*1-2/h5-23H,1-4H3;5-8H,1-4H3;2-5H,1H3;3*1-2H3/b25-7+,26-8+;;;;;. The number of aryl methyl sites for hydroxylation is 3. The summed E-state index contributed by atoms with van der Waals surface area (Å²) in [6.07, 6.45) is 11.3. The molecule has 0 amide bonds. The molecule has 0 radical (unpaired) electrons. The van der Waals surface area contributed by atoms with Gasteiger partial charge >= 0.3 is 0 Å². The third kappa shape index (κ3) is 16.0. The van der Waals surface area contributed by atoms with Crippen molar-refractivity contribution < 1.29 is 22.0 Å². The van der Waals surface area contributed by atoms with Crippen molar-refractivity contribution in [1.29, 1.82) is 0 Å². The average molecular weight is 990 g/mol. The number of pyridine rings is 2. The molecule has 0 saturated carbocycles. The van der Waals surface area contributed by atoms with Gasteiger partial charge in [-0.15, -0.1) is 0 Å². The number of aromatic nitrogens is 2. The highest BCUT2D eigenvalue weighted by Gasteiger charge is 2.21. The van der Waals surface area contributed by atoms with Crippen LogP contribution in [0.5, 0.6) is 0 Å². The van der Waals surface area contributed by atoms with Gasteiger partial charge in [-0.05, 0) is 166 Å². The molecule has 6 aromatic carbocycles. The number of rotatable bonds is 8. The van der Waals surface area contributed by atoms with Gasteiger partial charge in [0.05, 0.1) is 11.1 Å². The Labute approximate surface area is 432 Å². The summed E-state index contributed by atoms with van der Waals surface area (Å²) in [6.45, 7) is 28.7. The highest BCUT2D eigenvalue weighted by Crippen LogP contribution is 2.38. The van der Waals surface area contributed by atoms with Crippen LogP contribution in [-0.4, -0.2) is 9.97 Å². The molecule has 0 saturated heterocycles. The van der Waals surface area contributed by atoms with E-state index in [1.165, 1.54) is 29.2 Å². The molecule has 0 bridgehead atoms. The number of anilines is 3. The Morgan fingerprint density at radius 3 is 1.12 bits per heavy atom. The fraction of sp³-hybridized carbons (Fsp3) is 0.231. The maximum absolute atomic E-state index is 14.8. The van der Waals surface area contributed by atoms with Crippen LogP contribution >= 0.6 is 0 Å². The van der Waals surface area contributed by atoms with Crippen LogP contribution in [0.25, 0.3) is 33.4 Å². The highest BCUT2D eigenvalue weighted by atomic mass is 19.2. The zero-order valence-corrected chi connectivity index (χ0v) is 45.3. The van der Waals surface area contributed by atoms with E-state index >= 15 is 0 Å². The number of allylic oxidation sites excluding steroid dienone is 4. The number of benzene rings is 6. The van der Waals surface area contributed by atoms with E-state index in [4.69, 9.17) is 0 Å². The molecule has 2 heterocycles. The molecule has 3 nitrogen and oxygen atoms in total. The molecule has 0 unspecified atom stereocenters. The summed E-state index contributed by atoms with van der Waals surface area (Å²) in [4.78, 5) is 10.0. The smallest absolute Gasteiger partial charge is 0.139 e. The molecule has 0 fully saturated rings. The predicted octanol–water partition coefficient (Wildman–Crippen LogP) is 20.1. The molecule has 2 aromatic heterocycles. The molecule has 0 spiro atoms. The third-order valence-electron chi connectivity index (χ3n) is 11.8. The van der Waals surface area contributed by atoms with E-state index in [1.807, 2.05) is 109 Å². The van der Waals surface area contributed by atoms with Crippen LogP contribution < -0.4 is 4.90 Å². The van der Waals surface area contributed by atoms with Crippen molar-refractivity contribution in [2.75, 3.05) is 4.90 Å². The van der Waals surface area contributed by atoms with Crippen molar-refractivity contribution >= 4 is 28.2 Å². The Hall–Kier alpha value is -7.45. The fourth-order valence-corrected chi connectivity index (χ4v) is 7.29. The average Bonchev–Trinajstić information content (AvgIpc) is 3.42. The molecular weight excluding hydrogens is 918 g/mol. The Balaban J connectivity index is 0.000000371. The SMILES string of the molecule is C/C(=C\C=C(/C)c1ccc(N(c2ccncc2)c2ccc(-c3c(F)cc(F)c(C)c3F)cc2)cc1)c1ccc(C)cc1.CC.CC.CC.Cc1ccc(-c2c(F)c(C)c(C)c(C)c2F)cc1.Cc1ccncc1. The lowest BCUT2D eigenvalue weighted by Gasteiger charge is -2.25. The summed E-state index contributed by atoms with van der Waals surface area (Å²) in [7, 11) is 0. The van der Waals surface area contributed by atoms with Gasteiger partial charge in [-0.2, -0.15) is 0 Å². The van der Waals surface area contributed by atoms with Crippen molar-refractivity contribution in [2.45, 2.75) is 104 Å². The number of hydrogen-bond acceptors (Lipinski definition) is 3. The van der Waals surface area contributed by atoms with Crippen LogP contribution in [0, 0.1) is 77.6 Å². The Kier molecular flexibility index (Phi) is 24.4. The highest BCUT2D eigenvalue weighted by molar-refractivity contribution is 5.80. The van der Waals surface area contributed by atoms with Gasteiger partial charge in [0.2, 0.25) is 0 Å². The zero-order chi connectivity index (χ0) is 54.4. The lowest BCUT2D eigenvalue weighted by Crippen LogP contribution is -2.10. The Bertz CT molecular complexity index is 2970. The van der Waals surface area contributed by atoms with Gasteiger partial charge < -0.3 is 4.90 Å². The minimum Gasteiger partial charge on any atom is -0.310 e. The first-order valence-corrected chi connectivity index (χ1v) is 24.9. The molecule has 382 valence electrons. The Morgan fingerprint density at radius 1 is 0.370 bits per heavy atom. The number of halogens is 5. The first kappa shape index (κ1) is 59.9. The van der Waals surface area contributed by atoms with Gasteiger partial charge in [0.1, 0.15) is 29.1 Å². The third-order valence-corrected chi connectivity index (χ3v) is 11.8. The topological polar surface area (TPSA) is 29.0 Å². The molecule has 8 heteroatoms. The normalized spacial score (nSPS) is 10.6. The summed E-state index contributed by atoms with van der Waals surface area (Å²) in [6, 6.07) is 39.3. The Morgan fingerprint density at radius 2 is 0.699 bits per heavy atom. The summed E-state index contributed by atoms with van der Waals surface area (Å²) in [5, 5.41) is 0. The largest absolute Gasteiger partial charge is 0.310 e. The van der Waals surface area contributed by atoms with Crippen LogP contribution in [0.2, 0.25) is 0 Å². The van der Waals surface area contributed by atoms with E-state index in [0.717, 1.165) is 39.8 Å². The van der Waals surface area contributed by atoms with E-state index < -0.39 is 29.1 Å². The molecule has 0 aliphatic rings. The molecule has 8 rings (SSSR count). The van der Waals surface area contributed by atoms with Gasteiger partial charge in [-0.25, -0.2) is 22.0 Å². The number of hydrogen-bond donors (Lipinski definition) is 0. The second kappa shape index (κ2) is 29.8. The van der Waals surface area contributed by atoms with Crippen molar-refractivity contribution in [1.82, 2.24) is 9.97 Å². The van der Waals surface area contributed by atoms with Gasteiger partial charge in [0.15, 0.2) is 0 Å². The quantitative estimate of drug-likeness (QED) is 0.112. The van der Waals surface area contributed by atoms with Crippen LogP contribution in [0.4, 0.5) is 39.0 Å². The molecule has 0 aliphatic carbocycles. The lowest BCUT2D eigenvalue weighted by atomic mass is 9.94. The van der Waals surface area contributed by atoms with Crippen LogP contribution in [-0.2, 0) is 0 Å². The van der Waals surface area contributed by atoms with Crippen LogP contribution in [0.1, 0.15) is 105 Å². The van der Waals surface area contributed by atoms with Gasteiger partial charge in [-0.1, -0.05) is 138 Å². The fourth-order valence-electron chi connectivity index (χ4n) is 7.29. The van der Waals surface area contributed by atoms with E-state index in [-0.39, 0.29) is 16.7 Å². The van der Waals surface area contributed by atoms with Gasteiger partial charge in [-0.3, -0.25) is 9.97 Å². The zero-order valence-electron chi connectivity index (χ0n) is 45.3. The van der Waals surface area contributed by atoms with Gasteiger partial charge in [0.25, 0.3) is 0 Å². The van der Waals surface area contributed by atoms with E-state index in [1.54, 1.807) is 82.0 Å². The van der Waals surface area contributed by atoms with Crippen molar-refractivity contribution in [3.05, 3.63) is 243 Å². The maximum Gasteiger partial charge on any atom is 0.139 e. The summed E-state index contributed by atoms with van der Waals surface area (Å²) < 4.78 is 71.7. The van der Waals surface area contributed by atoms with Crippen LogP contribution in [0.15, 0.2) is 164 Å². The maximum atomic E-state index is 14.8. The minimum atomic E-state index is -0.933. The first-order chi connectivity index (χ1) is 35.0. The second-order valence-electron chi connectivity index (χ2n) is 16.6. The minimum absolute atomic E-state index is 0.0793. The summed E-state index contributed by atoms with van der Waals surface area (Å²) in [5.74, 6) is -3.65. The van der Waals surface area contributed by atoms with Crippen LogP contribution in [0.3, 0.4) is 0 Å². The second-order valence-corrected chi connectivity index (χ2v) is 16.6. The summed E-state index contributed by atoms with van der Waals surface area (Å²) >= 11 is 0. The van der Waals surface area contributed by atoms with Crippen molar-refractivity contribution in [3.8, 4) is 22.3 Å². The molecule has 0 N–H and O–H groups in total. The van der Waals surface area contributed by atoms with Crippen molar-refractivity contribution in [3.63, 3.8) is 0 Å². The lowest BCUT2D eigenvalue weighted by molar-refractivity contribution is 0.537. The van der Waals surface area contributed by atoms with Crippen molar-refractivity contribution in [2.24, 2.45) is 0 Å². The van der Waals surface area contributed by atoms with E-state index in [9.17, 15) is 22.0 Å². The molecule has 0 aliphatic heterocycles. The van der Waals surface area contributed by atoms with E-state index in [2.05, 4.69) is 79.3 Å². The predicted molar refractivity (Wildman–Crippen MR) is 301 cm³/mol. The van der Waals surface area contributed by atoms with Gasteiger partial charge in [0, 0.05) is 53.5 Å². The molecule has 0 atom stereocenters. The molecular formula is C65H72F5N3. The summed E-state index contributed by atoms with van der Waals surface area (Å²) in [5.41, 5.74) is 13.0. The number of nitrogens with zero attached hydrogens (tertiary/aromatic N) is 3. The first-order valence-electron chi connectivity index (χ1n) is 24.9. The van der Waals surface area contributed by atoms with E-state index in [0.29, 0.717) is 27.8 Å². The molecule has 8 aromatic rings. The monoisotopic (exact) mass is 990 g/mol. The molecule has 73 heavy (non-hydrogen) atoms.